The molecule has 1 N–H and O–H groups in total. The molecule has 0 aliphatic rings. The second-order valence-corrected chi connectivity index (χ2v) is 5.74. The summed E-state index contributed by atoms with van der Waals surface area (Å²) < 4.78 is 2.01. The molecule has 2 rings (SSSR count). The summed E-state index contributed by atoms with van der Waals surface area (Å²) in [4.78, 5) is 8.59. The Kier molecular flexibility index (Phi) is 6.92. The molecule has 4 heteroatoms. The van der Waals surface area contributed by atoms with Gasteiger partial charge in [-0.1, -0.05) is 44.9 Å². The van der Waals surface area contributed by atoms with E-state index in [-0.39, 0.29) is 0 Å². The van der Waals surface area contributed by atoms with Crippen molar-refractivity contribution in [2.24, 2.45) is 4.99 Å². The van der Waals surface area contributed by atoms with Crippen LogP contribution in [0.2, 0.25) is 0 Å². The summed E-state index contributed by atoms with van der Waals surface area (Å²) in [5.74, 6) is 0. The van der Waals surface area contributed by atoms with Gasteiger partial charge in [-0.3, -0.25) is 4.99 Å². The molecule has 0 spiro atoms. The predicted octanol–water partition coefficient (Wildman–Crippen LogP) is 5.44. The summed E-state index contributed by atoms with van der Waals surface area (Å²) in [6, 6.07) is 2.09. The lowest BCUT2D eigenvalue weighted by Gasteiger charge is -2.14. The van der Waals surface area contributed by atoms with Crippen LogP contribution in [0.4, 0.5) is 5.69 Å². The molecule has 0 amide bonds. The van der Waals surface area contributed by atoms with Crippen LogP contribution >= 0.6 is 0 Å². The number of hydrogen-bond donors (Lipinski definition) is 1. The maximum atomic E-state index is 4.44. The summed E-state index contributed by atoms with van der Waals surface area (Å²) in [7, 11) is 0. The maximum Gasteiger partial charge on any atom is 0.160 e. The Labute approximate surface area is 155 Å². The molecule has 134 valence electrons. The highest BCUT2D eigenvalue weighted by atomic mass is 15.0. The standard InChI is InChI=1S/C22H26N4/c1-6-10-18(15-23-9-4)20(8-3)17(5)19-14-21(24-11-7-2)22-25-12-13-26(22)16-19/h6,8-10,12-16,24H,3-5,7,11H2,1-2H3/b10-6-,20-18-,23-15-. The van der Waals surface area contributed by atoms with E-state index in [4.69, 9.17) is 0 Å². The van der Waals surface area contributed by atoms with Crippen LogP contribution in [0.3, 0.4) is 0 Å². The number of imidazole rings is 1. The summed E-state index contributed by atoms with van der Waals surface area (Å²) >= 11 is 0. The molecule has 2 heterocycles. The van der Waals surface area contributed by atoms with Crippen molar-refractivity contribution in [3.8, 4) is 0 Å². The number of fused-ring (bicyclic) bond motifs is 1. The van der Waals surface area contributed by atoms with Crippen molar-refractivity contribution in [1.29, 1.82) is 0 Å². The Bertz CT molecular complexity index is 894. The van der Waals surface area contributed by atoms with E-state index in [1.54, 1.807) is 12.4 Å². The van der Waals surface area contributed by atoms with E-state index < -0.39 is 0 Å². The van der Waals surface area contributed by atoms with Gasteiger partial charge < -0.3 is 9.72 Å². The Balaban J connectivity index is 2.57. The van der Waals surface area contributed by atoms with Crippen LogP contribution in [0.1, 0.15) is 25.8 Å². The van der Waals surface area contributed by atoms with Gasteiger partial charge in [-0.2, -0.15) is 0 Å². The van der Waals surface area contributed by atoms with Gasteiger partial charge in [-0.05, 0) is 30.6 Å². The molecular formula is C22H26N4. The van der Waals surface area contributed by atoms with E-state index in [1.165, 1.54) is 6.20 Å². The normalized spacial score (nSPS) is 12.5. The molecule has 0 saturated heterocycles. The third kappa shape index (κ3) is 4.28. The monoisotopic (exact) mass is 346 g/mol. The summed E-state index contributed by atoms with van der Waals surface area (Å²) in [6.45, 7) is 16.9. The minimum Gasteiger partial charge on any atom is -0.382 e. The molecule has 0 unspecified atom stereocenters. The van der Waals surface area contributed by atoms with Gasteiger partial charge in [-0.25, -0.2) is 4.98 Å². The first kappa shape index (κ1) is 19.2. The molecule has 0 aliphatic heterocycles. The van der Waals surface area contributed by atoms with Gasteiger partial charge in [0, 0.05) is 48.7 Å². The van der Waals surface area contributed by atoms with Gasteiger partial charge in [0.15, 0.2) is 5.65 Å². The summed E-state index contributed by atoms with van der Waals surface area (Å²) in [5.41, 5.74) is 5.62. The Morgan fingerprint density at radius 3 is 2.85 bits per heavy atom. The highest BCUT2D eigenvalue weighted by molar-refractivity contribution is 5.94. The number of nitrogens with zero attached hydrogens (tertiary/aromatic N) is 3. The highest BCUT2D eigenvalue weighted by Crippen LogP contribution is 2.28. The quantitative estimate of drug-likeness (QED) is 0.485. The number of allylic oxidation sites excluding steroid dienone is 6. The highest BCUT2D eigenvalue weighted by Gasteiger charge is 2.11. The zero-order valence-corrected chi connectivity index (χ0v) is 15.6. The SMILES string of the molecule is C=C\N=C/C(/C=C\C)=C(/C=C)C(=C)c1cc(NCCC)c2nccn2c1. The van der Waals surface area contributed by atoms with E-state index in [2.05, 4.69) is 48.0 Å². The van der Waals surface area contributed by atoms with Crippen LogP contribution in [0, 0.1) is 0 Å². The van der Waals surface area contributed by atoms with Crippen molar-refractivity contribution in [1.82, 2.24) is 9.38 Å². The fourth-order valence-electron chi connectivity index (χ4n) is 2.67. The number of nitrogens with one attached hydrogen (secondary N) is 1. The predicted molar refractivity (Wildman–Crippen MR) is 114 cm³/mol. The third-order valence-electron chi connectivity index (χ3n) is 3.91. The number of anilines is 1. The molecule has 2 aromatic rings. The maximum absolute atomic E-state index is 4.44. The molecule has 0 bridgehead atoms. The molecule has 0 saturated carbocycles. The van der Waals surface area contributed by atoms with Crippen LogP contribution < -0.4 is 5.32 Å². The fourth-order valence-corrected chi connectivity index (χ4v) is 2.67. The first-order valence-corrected chi connectivity index (χ1v) is 8.69. The number of rotatable bonds is 9. The van der Waals surface area contributed by atoms with Crippen molar-refractivity contribution in [3.63, 3.8) is 0 Å². The van der Waals surface area contributed by atoms with Gasteiger partial charge in [0.1, 0.15) is 0 Å². The Morgan fingerprint density at radius 2 is 2.19 bits per heavy atom. The van der Waals surface area contributed by atoms with Crippen LogP contribution in [0.25, 0.3) is 11.2 Å². The number of aromatic nitrogens is 2. The molecule has 0 atom stereocenters. The smallest absolute Gasteiger partial charge is 0.160 e. The van der Waals surface area contributed by atoms with Crippen LogP contribution in [-0.4, -0.2) is 22.1 Å². The van der Waals surface area contributed by atoms with E-state index in [0.717, 1.165) is 46.6 Å². The molecule has 4 nitrogen and oxygen atoms in total. The number of hydrogen-bond acceptors (Lipinski definition) is 3. The van der Waals surface area contributed by atoms with Crippen molar-refractivity contribution < 1.29 is 0 Å². The van der Waals surface area contributed by atoms with E-state index >= 15 is 0 Å². The largest absolute Gasteiger partial charge is 0.382 e. The average Bonchev–Trinajstić information content (AvgIpc) is 3.13. The molecular weight excluding hydrogens is 320 g/mol. The van der Waals surface area contributed by atoms with Crippen molar-refractivity contribution in [2.75, 3.05) is 11.9 Å². The molecule has 0 aromatic carbocycles. The van der Waals surface area contributed by atoms with Gasteiger partial charge >= 0.3 is 0 Å². The van der Waals surface area contributed by atoms with Gasteiger partial charge in [-0.15, -0.1) is 0 Å². The lowest BCUT2D eigenvalue weighted by Crippen LogP contribution is -2.04. The van der Waals surface area contributed by atoms with Crippen LogP contribution in [-0.2, 0) is 0 Å². The summed E-state index contributed by atoms with van der Waals surface area (Å²) in [5, 5.41) is 3.44. The fraction of sp³-hybridized carbons (Fsp3) is 0.182. The van der Waals surface area contributed by atoms with Crippen molar-refractivity contribution in [3.05, 3.63) is 85.5 Å². The van der Waals surface area contributed by atoms with E-state index in [1.807, 2.05) is 41.9 Å². The summed E-state index contributed by atoms with van der Waals surface area (Å²) in [6.07, 6.45) is 15.8. The van der Waals surface area contributed by atoms with Gasteiger partial charge in [0.25, 0.3) is 0 Å². The van der Waals surface area contributed by atoms with E-state index in [0.29, 0.717) is 0 Å². The Morgan fingerprint density at radius 1 is 1.38 bits per heavy atom. The molecule has 0 aliphatic carbocycles. The third-order valence-corrected chi connectivity index (χ3v) is 3.91. The zero-order chi connectivity index (χ0) is 18.9. The van der Waals surface area contributed by atoms with Crippen LogP contribution in [0.15, 0.2) is 85.0 Å². The Hall–Kier alpha value is -3.14. The molecule has 26 heavy (non-hydrogen) atoms. The topological polar surface area (TPSA) is 41.7 Å². The second-order valence-electron chi connectivity index (χ2n) is 5.74. The zero-order valence-electron chi connectivity index (χ0n) is 15.6. The number of aliphatic imine (C=N–C) groups is 1. The molecule has 0 fully saturated rings. The minimum atomic E-state index is 0.874. The van der Waals surface area contributed by atoms with Crippen molar-refractivity contribution >= 4 is 23.1 Å². The second kappa shape index (κ2) is 9.37. The first-order valence-electron chi connectivity index (χ1n) is 8.69. The lowest BCUT2D eigenvalue weighted by molar-refractivity contribution is 0.977. The first-order chi connectivity index (χ1) is 12.7. The van der Waals surface area contributed by atoms with Crippen molar-refractivity contribution in [2.45, 2.75) is 20.3 Å². The minimum absolute atomic E-state index is 0.874. The molecule has 2 aromatic heterocycles. The average molecular weight is 346 g/mol. The van der Waals surface area contributed by atoms with E-state index in [9.17, 15) is 0 Å². The van der Waals surface area contributed by atoms with Gasteiger partial charge in [0.05, 0.1) is 5.69 Å². The number of pyridine rings is 1. The molecule has 0 radical (unpaired) electrons. The lowest BCUT2D eigenvalue weighted by atomic mass is 9.95. The van der Waals surface area contributed by atoms with Crippen LogP contribution in [0.5, 0.6) is 0 Å². The van der Waals surface area contributed by atoms with Gasteiger partial charge in [0.2, 0.25) is 0 Å².